The van der Waals surface area contributed by atoms with Crippen molar-refractivity contribution in [2.24, 2.45) is 13.0 Å². The first kappa shape index (κ1) is 11.9. The van der Waals surface area contributed by atoms with Crippen LogP contribution in [0.2, 0.25) is 5.15 Å². The van der Waals surface area contributed by atoms with E-state index in [-0.39, 0.29) is 0 Å². The molecule has 1 atom stereocenters. The van der Waals surface area contributed by atoms with Crippen LogP contribution in [0.3, 0.4) is 0 Å². The Balaban J connectivity index is 2.36. The number of aliphatic hydroxyl groups is 1. The monoisotopic (exact) mass is 242 g/mol. The number of halogens is 1. The Morgan fingerprint density at radius 1 is 1.44 bits per heavy atom. The lowest BCUT2D eigenvalue weighted by molar-refractivity contribution is 0.0612. The fraction of sp³-hybridized carbons (Fsp3) is 0.750. The SMILES string of the molecule is CC(C)c1nn(C)c(Cl)c1C(O)C1CCC1. The first-order valence-electron chi connectivity index (χ1n) is 5.92. The molecule has 1 aliphatic rings. The van der Waals surface area contributed by atoms with E-state index in [4.69, 9.17) is 11.6 Å². The molecule has 0 radical (unpaired) electrons. The molecule has 0 spiro atoms. The molecule has 3 nitrogen and oxygen atoms in total. The largest absolute Gasteiger partial charge is 0.388 e. The summed E-state index contributed by atoms with van der Waals surface area (Å²) in [6.07, 6.45) is 2.98. The van der Waals surface area contributed by atoms with Gasteiger partial charge in [-0.05, 0) is 24.7 Å². The van der Waals surface area contributed by atoms with Gasteiger partial charge in [-0.3, -0.25) is 4.68 Å². The van der Waals surface area contributed by atoms with Crippen LogP contribution in [-0.4, -0.2) is 14.9 Å². The van der Waals surface area contributed by atoms with Gasteiger partial charge in [-0.15, -0.1) is 0 Å². The standard InChI is InChI=1S/C12H19ClN2O/c1-7(2)10-9(12(13)15(3)14-10)11(16)8-5-4-6-8/h7-8,11,16H,4-6H2,1-3H3. The van der Waals surface area contributed by atoms with Crippen LogP contribution in [0, 0.1) is 5.92 Å². The highest BCUT2D eigenvalue weighted by Crippen LogP contribution is 2.42. The van der Waals surface area contributed by atoms with Crippen molar-refractivity contribution in [3.8, 4) is 0 Å². The van der Waals surface area contributed by atoms with Crippen LogP contribution in [0.4, 0.5) is 0 Å². The van der Waals surface area contributed by atoms with Gasteiger partial charge in [0.05, 0.1) is 11.8 Å². The lowest BCUT2D eigenvalue weighted by Crippen LogP contribution is -2.21. The highest BCUT2D eigenvalue weighted by Gasteiger charge is 2.32. The predicted molar refractivity (Wildman–Crippen MR) is 64.6 cm³/mol. The van der Waals surface area contributed by atoms with Gasteiger partial charge in [0.2, 0.25) is 0 Å². The smallest absolute Gasteiger partial charge is 0.132 e. The topological polar surface area (TPSA) is 38.0 Å². The van der Waals surface area contributed by atoms with E-state index in [2.05, 4.69) is 18.9 Å². The zero-order valence-electron chi connectivity index (χ0n) is 10.1. The van der Waals surface area contributed by atoms with Crippen LogP contribution in [0.15, 0.2) is 0 Å². The summed E-state index contributed by atoms with van der Waals surface area (Å²) in [6, 6.07) is 0. The normalized spacial score (nSPS) is 18.9. The van der Waals surface area contributed by atoms with Crippen molar-refractivity contribution in [2.45, 2.75) is 45.1 Å². The molecule has 1 aromatic rings. The molecular weight excluding hydrogens is 224 g/mol. The zero-order chi connectivity index (χ0) is 11.9. The average Bonchev–Trinajstić information content (AvgIpc) is 2.40. The second-order valence-electron chi connectivity index (χ2n) is 5.00. The maximum atomic E-state index is 10.3. The van der Waals surface area contributed by atoms with E-state index in [0.717, 1.165) is 24.1 Å². The third-order valence-electron chi connectivity index (χ3n) is 3.48. The van der Waals surface area contributed by atoms with Gasteiger partial charge in [-0.2, -0.15) is 5.10 Å². The van der Waals surface area contributed by atoms with Gasteiger partial charge in [-0.25, -0.2) is 0 Å². The maximum Gasteiger partial charge on any atom is 0.132 e. The molecule has 0 amide bonds. The van der Waals surface area contributed by atoms with Gasteiger partial charge < -0.3 is 5.11 Å². The van der Waals surface area contributed by atoms with Crippen molar-refractivity contribution in [3.05, 3.63) is 16.4 Å². The summed E-state index contributed by atoms with van der Waals surface area (Å²) in [5, 5.41) is 15.3. The molecular formula is C12H19ClN2O. The number of rotatable bonds is 3. The van der Waals surface area contributed by atoms with Gasteiger partial charge in [0.1, 0.15) is 5.15 Å². The lowest BCUT2D eigenvalue weighted by atomic mass is 9.78. The first-order chi connectivity index (χ1) is 7.52. The second kappa shape index (κ2) is 4.38. The Morgan fingerprint density at radius 2 is 2.06 bits per heavy atom. The van der Waals surface area contributed by atoms with Crippen molar-refractivity contribution in [1.29, 1.82) is 0 Å². The average molecular weight is 243 g/mol. The summed E-state index contributed by atoms with van der Waals surface area (Å²) in [5.74, 6) is 0.669. The second-order valence-corrected chi connectivity index (χ2v) is 5.36. The third-order valence-corrected chi connectivity index (χ3v) is 3.93. The van der Waals surface area contributed by atoms with Crippen molar-refractivity contribution >= 4 is 11.6 Å². The number of hydrogen-bond donors (Lipinski definition) is 1. The van der Waals surface area contributed by atoms with E-state index in [1.165, 1.54) is 6.42 Å². The number of aliphatic hydroxyl groups excluding tert-OH is 1. The molecule has 0 saturated heterocycles. The highest BCUT2D eigenvalue weighted by atomic mass is 35.5. The molecule has 1 heterocycles. The quantitative estimate of drug-likeness (QED) is 0.885. The van der Waals surface area contributed by atoms with Crippen LogP contribution in [0.5, 0.6) is 0 Å². The molecule has 1 N–H and O–H groups in total. The van der Waals surface area contributed by atoms with Crippen LogP contribution in [0.1, 0.15) is 56.4 Å². The van der Waals surface area contributed by atoms with Crippen molar-refractivity contribution in [1.82, 2.24) is 9.78 Å². The van der Waals surface area contributed by atoms with Gasteiger partial charge in [0, 0.05) is 12.6 Å². The fourth-order valence-electron chi connectivity index (χ4n) is 2.23. The van der Waals surface area contributed by atoms with E-state index in [0.29, 0.717) is 17.0 Å². The number of aryl methyl sites for hydroxylation is 1. The van der Waals surface area contributed by atoms with E-state index >= 15 is 0 Å². The minimum Gasteiger partial charge on any atom is -0.388 e. The molecule has 1 aliphatic carbocycles. The Bertz CT molecular complexity index is 383. The van der Waals surface area contributed by atoms with Crippen molar-refractivity contribution < 1.29 is 5.11 Å². The Morgan fingerprint density at radius 3 is 2.50 bits per heavy atom. The van der Waals surface area contributed by atoms with Crippen molar-refractivity contribution in [3.63, 3.8) is 0 Å². The molecule has 0 aromatic carbocycles. The first-order valence-corrected chi connectivity index (χ1v) is 6.30. The third kappa shape index (κ3) is 1.87. The maximum absolute atomic E-state index is 10.3. The molecule has 90 valence electrons. The van der Waals surface area contributed by atoms with Crippen LogP contribution >= 0.6 is 11.6 Å². The van der Waals surface area contributed by atoms with E-state index in [1.807, 2.05) is 7.05 Å². The molecule has 16 heavy (non-hydrogen) atoms. The van der Waals surface area contributed by atoms with Gasteiger partial charge in [0.15, 0.2) is 0 Å². The zero-order valence-corrected chi connectivity index (χ0v) is 10.8. The number of hydrogen-bond acceptors (Lipinski definition) is 2. The Kier molecular flexibility index (Phi) is 3.27. The summed E-state index contributed by atoms with van der Waals surface area (Å²) in [4.78, 5) is 0. The molecule has 2 rings (SSSR count). The molecule has 1 unspecified atom stereocenters. The van der Waals surface area contributed by atoms with Crippen LogP contribution in [-0.2, 0) is 7.05 Å². The van der Waals surface area contributed by atoms with Crippen molar-refractivity contribution in [2.75, 3.05) is 0 Å². The molecule has 0 bridgehead atoms. The minimum absolute atomic E-state index is 0.295. The molecule has 1 fully saturated rings. The van der Waals surface area contributed by atoms with Gasteiger partial charge in [-0.1, -0.05) is 31.9 Å². The van der Waals surface area contributed by atoms with E-state index < -0.39 is 6.10 Å². The molecule has 0 aliphatic heterocycles. The number of aromatic nitrogens is 2. The molecule has 1 saturated carbocycles. The van der Waals surface area contributed by atoms with Gasteiger partial charge in [0.25, 0.3) is 0 Å². The summed E-state index contributed by atoms with van der Waals surface area (Å²) in [7, 11) is 1.82. The summed E-state index contributed by atoms with van der Waals surface area (Å²) in [6.45, 7) is 4.16. The molecule has 4 heteroatoms. The van der Waals surface area contributed by atoms with Crippen LogP contribution < -0.4 is 0 Å². The highest BCUT2D eigenvalue weighted by molar-refractivity contribution is 6.30. The van der Waals surface area contributed by atoms with Crippen LogP contribution in [0.25, 0.3) is 0 Å². The summed E-state index contributed by atoms with van der Waals surface area (Å²) >= 11 is 6.22. The summed E-state index contributed by atoms with van der Waals surface area (Å²) in [5.41, 5.74) is 1.79. The van der Waals surface area contributed by atoms with E-state index in [1.54, 1.807) is 4.68 Å². The van der Waals surface area contributed by atoms with Gasteiger partial charge >= 0.3 is 0 Å². The molecule has 1 aromatic heterocycles. The lowest BCUT2D eigenvalue weighted by Gasteiger charge is -2.30. The summed E-state index contributed by atoms with van der Waals surface area (Å²) < 4.78 is 1.66. The number of nitrogens with zero attached hydrogens (tertiary/aromatic N) is 2. The fourth-order valence-corrected chi connectivity index (χ4v) is 2.48. The van der Waals surface area contributed by atoms with E-state index in [9.17, 15) is 5.11 Å². The predicted octanol–water partition coefficient (Wildman–Crippen LogP) is 3.03. The Hall–Kier alpha value is -0.540. The Labute approximate surface area is 101 Å². The minimum atomic E-state index is -0.438.